The minimum Gasteiger partial charge on any atom is -0.478 e. The third-order valence-corrected chi connectivity index (χ3v) is 4.28. The molecule has 1 aliphatic rings. The van der Waals surface area contributed by atoms with Gasteiger partial charge in [-0.25, -0.2) is 4.79 Å². The number of carboxylic acid groups (broad SMARTS) is 1. The molecule has 0 aromatic heterocycles. The molecule has 130 valence electrons. The second-order valence-electron chi connectivity index (χ2n) is 6.30. The summed E-state index contributed by atoms with van der Waals surface area (Å²) in [6, 6.07) is 7.13. The Hall–Kier alpha value is -1.39. The van der Waals surface area contributed by atoms with Crippen LogP contribution < -0.4 is 5.73 Å². The highest BCUT2D eigenvalue weighted by molar-refractivity contribution is 5.89. The highest BCUT2D eigenvalue weighted by atomic mass is 16.4. The summed E-state index contributed by atoms with van der Waals surface area (Å²) in [4.78, 5) is 10.9. The maximum Gasteiger partial charge on any atom is 0.336 e. The predicted octanol–water partition coefficient (Wildman–Crippen LogP) is 4.28. The Kier molecular flexibility index (Phi) is 9.57. The van der Waals surface area contributed by atoms with E-state index < -0.39 is 12.1 Å². The summed E-state index contributed by atoms with van der Waals surface area (Å²) in [6.45, 7) is 2.04. The van der Waals surface area contributed by atoms with E-state index in [1.165, 1.54) is 44.6 Å². The second-order valence-corrected chi connectivity index (χ2v) is 6.30. The Bertz CT molecular complexity index is 454. The molecule has 4 nitrogen and oxygen atoms in total. The summed E-state index contributed by atoms with van der Waals surface area (Å²) in [7, 11) is 0. The molecule has 1 aliphatic carbocycles. The molecule has 0 saturated heterocycles. The lowest BCUT2D eigenvalue weighted by Crippen LogP contribution is -2.17. The Balaban J connectivity index is 0.000000277. The van der Waals surface area contributed by atoms with Crippen molar-refractivity contribution in [2.24, 2.45) is 5.73 Å². The average molecular weight is 321 g/mol. The van der Waals surface area contributed by atoms with Crippen LogP contribution in [0.2, 0.25) is 0 Å². The van der Waals surface area contributed by atoms with Crippen molar-refractivity contribution in [2.75, 3.05) is 0 Å². The van der Waals surface area contributed by atoms with Gasteiger partial charge >= 0.3 is 5.97 Å². The van der Waals surface area contributed by atoms with Crippen LogP contribution in [-0.4, -0.2) is 22.2 Å². The van der Waals surface area contributed by atoms with E-state index in [4.69, 9.17) is 10.8 Å². The Labute approximate surface area is 139 Å². The van der Waals surface area contributed by atoms with Crippen LogP contribution in [0, 0.1) is 0 Å². The quantitative estimate of drug-likeness (QED) is 0.707. The van der Waals surface area contributed by atoms with Crippen LogP contribution in [0.15, 0.2) is 24.3 Å². The van der Waals surface area contributed by atoms with E-state index in [0.717, 1.165) is 12.8 Å². The molecule has 0 bridgehead atoms. The molecule has 0 amide bonds. The molecule has 1 saturated carbocycles. The van der Waals surface area contributed by atoms with E-state index in [0.29, 0.717) is 18.0 Å². The number of unbranched alkanes of at least 4 members (excludes halogenated alkanes) is 1. The third-order valence-electron chi connectivity index (χ3n) is 4.28. The summed E-state index contributed by atoms with van der Waals surface area (Å²) < 4.78 is 0. The van der Waals surface area contributed by atoms with E-state index in [2.05, 4.69) is 0 Å². The van der Waals surface area contributed by atoms with Gasteiger partial charge < -0.3 is 15.9 Å². The number of hydrogen-bond acceptors (Lipinski definition) is 3. The van der Waals surface area contributed by atoms with Gasteiger partial charge in [-0.3, -0.25) is 0 Å². The van der Waals surface area contributed by atoms with Crippen LogP contribution in [-0.2, 0) is 0 Å². The first-order valence-electron chi connectivity index (χ1n) is 8.82. The van der Waals surface area contributed by atoms with E-state index >= 15 is 0 Å². The molecule has 23 heavy (non-hydrogen) atoms. The predicted molar refractivity (Wildman–Crippen MR) is 93.6 cm³/mol. The Morgan fingerprint density at radius 3 is 2.39 bits per heavy atom. The maximum atomic E-state index is 10.9. The van der Waals surface area contributed by atoms with Crippen molar-refractivity contribution in [3.63, 3.8) is 0 Å². The SMILES string of the molecule is CCCCC(O)c1ccccc1C(=O)O.NC1CCCCCC1. The van der Waals surface area contributed by atoms with Crippen molar-refractivity contribution >= 4 is 5.97 Å². The van der Waals surface area contributed by atoms with Gasteiger partial charge in [0.1, 0.15) is 0 Å². The second kappa shape index (κ2) is 11.2. The van der Waals surface area contributed by atoms with Gasteiger partial charge in [0.25, 0.3) is 0 Å². The zero-order valence-corrected chi connectivity index (χ0v) is 14.2. The largest absolute Gasteiger partial charge is 0.478 e. The van der Waals surface area contributed by atoms with Gasteiger partial charge in [-0.15, -0.1) is 0 Å². The van der Waals surface area contributed by atoms with E-state index in [9.17, 15) is 9.90 Å². The zero-order chi connectivity index (χ0) is 17.1. The number of rotatable bonds is 5. The van der Waals surface area contributed by atoms with Crippen LogP contribution in [0.25, 0.3) is 0 Å². The molecule has 4 N–H and O–H groups in total. The first-order valence-corrected chi connectivity index (χ1v) is 8.82. The molecule has 2 rings (SSSR count). The molecule has 4 heteroatoms. The molecule has 1 fully saturated rings. The van der Waals surface area contributed by atoms with E-state index in [1.54, 1.807) is 18.2 Å². The van der Waals surface area contributed by atoms with Crippen molar-refractivity contribution in [3.05, 3.63) is 35.4 Å². The van der Waals surface area contributed by atoms with Crippen LogP contribution in [0.1, 0.15) is 86.7 Å². The van der Waals surface area contributed by atoms with Gasteiger partial charge in [-0.2, -0.15) is 0 Å². The van der Waals surface area contributed by atoms with Crippen molar-refractivity contribution in [3.8, 4) is 0 Å². The fourth-order valence-electron chi connectivity index (χ4n) is 2.85. The van der Waals surface area contributed by atoms with Crippen LogP contribution in [0.3, 0.4) is 0 Å². The molecular formula is C19H31NO3. The number of aliphatic hydroxyl groups excluding tert-OH is 1. The lowest BCUT2D eigenvalue weighted by molar-refractivity contribution is 0.0688. The van der Waals surface area contributed by atoms with Crippen LogP contribution >= 0.6 is 0 Å². The Morgan fingerprint density at radius 2 is 1.83 bits per heavy atom. The molecule has 1 unspecified atom stereocenters. The first kappa shape index (κ1) is 19.7. The molecular weight excluding hydrogens is 290 g/mol. The maximum absolute atomic E-state index is 10.9. The molecule has 0 spiro atoms. The van der Waals surface area contributed by atoms with Crippen molar-refractivity contribution in [2.45, 2.75) is 76.9 Å². The normalized spacial score (nSPS) is 16.8. The summed E-state index contributed by atoms with van der Waals surface area (Å²) in [5, 5.41) is 18.7. The van der Waals surface area contributed by atoms with Gasteiger partial charge in [-0.1, -0.05) is 63.6 Å². The van der Waals surface area contributed by atoms with Gasteiger partial charge in [-0.05, 0) is 30.9 Å². The van der Waals surface area contributed by atoms with Crippen LogP contribution in [0.4, 0.5) is 0 Å². The lowest BCUT2D eigenvalue weighted by Gasteiger charge is -2.12. The molecule has 0 heterocycles. The molecule has 0 aliphatic heterocycles. The van der Waals surface area contributed by atoms with Crippen molar-refractivity contribution < 1.29 is 15.0 Å². The van der Waals surface area contributed by atoms with E-state index in [1.807, 2.05) is 6.92 Å². The number of carboxylic acids is 1. The topological polar surface area (TPSA) is 83.5 Å². The number of aromatic carboxylic acids is 1. The number of carbonyl (C=O) groups is 1. The molecule has 1 aromatic carbocycles. The molecule has 1 aromatic rings. The fourth-order valence-corrected chi connectivity index (χ4v) is 2.85. The minimum absolute atomic E-state index is 0.195. The number of aliphatic hydroxyl groups is 1. The summed E-state index contributed by atoms with van der Waals surface area (Å²) >= 11 is 0. The number of benzene rings is 1. The summed E-state index contributed by atoms with van der Waals surface area (Å²) in [5.74, 6) is -0.985. The van der Waals surface area contributed by atoms with Gasteiger partial charge in [0.2, 0.25) is 0 Å². The van der Waals surface area contributed by atoms with Crippen LogP contribution in [0.5, 0.6) is 0 Å². The minimum atomic E-state index is -0.985. The average Bonchev–Trinajstić information content (AvgIpc) is 2.80. The van der Waals surface area contributed by atoms with Gasteiger partial charge in [0.05, 0.1) is 11.7 Å². The van der Waals surface area contributed by atoms with Crippen molar-refractivity contribution in [1.29, 1.82) is 0 Å². The van der Waals surface area contributed by atoms with Gasteiger partial charge in [0, 0.05) is 6.04 Å². The number of nitrogens with two attached hydrogens (primary N) is 1. The van der Waals surface area contributed by atoms with Crippen molar-refractivity contribution in [1.82, 2.24) is 0 Å². The monoisotopic (exact) mass is 321 g/mol. The summed E-state index contributed by atoms with van der Waals surface area (Å²) in [6.07, 6.45) is 9.91. The highest BCUT2D eigenvalue weighted by Gasteiger charge is 2.15. The first-order chi connectivity index (χ1) is 11.1. The number of hydrogen-bond donors (Lipinski definition) is 3. The molecule has 1 atom stereocenters. The van der Waals surface area contributed by atoms with E-state index in [-0.39, 0.29) is 5.56 Å². The zero-order valence-electron chi connectivity index (χ0n) is 14.2. The lowest BCUT2D eigenvalue weighted by atomic mass is 9.99. The Morgan fingerprint density at radius 1 is 1.22 bits per heavy atom. The van der Waals surface area contributed by atoms with Gasteiger partial charge in [0.15, 0.2) is 0 Å². The fraction of sp³-hybridized carbons (Fsp3) is 0.632. The summed E-state index contributed by atoms with van der Waals surface area (Å²) in [5.41, 5.74) is 6.44. The standard InChI is InChI=1S/C12H16O3.C7H15N/c1-2-3-8-11(13)9-6-4-5-7-10(9)12(14)15;8-7-5-3-1-2-4-6-7/h4-7,11,13H,2-3,8H2,1H3,(H,14,15);7H,1-6,8H2. The third kappa shape index (κ3) is 7.62. The smallest absolute Gasteiger partial charge is 0.336 e. The highest BCUT2D eigenvalue weighted by Crippen LogP contribution is 2.22. The molecule has 0 radical (unpaired) electrons.